The minimum atomic E-state index is -0.108. The van der Waals surface area contributed by atoms with Gasteiger partial charge in [0, 0.05) is 19.1 Å². The van der Waals surface area contributed by atoms with Crippen molar-refractivity contribution in [1.29, 1.82) is 0 Å². The van der Waals surface area contributed by atoms with E-state index in [9.17, 15) is 4.79 Å². The number of hydrogen-bond donors (Lipinski definition) is 2. The van der Waals surface area contributed by atoms with Gasteiger partial charge in [0.15, 0.2) is 5.82 Å². The molecule has 1 fully saturated rings. The van der Waals surface area contributed by atoms with Crippen LogP contribution in [0.5, 0.6) is 0 Å². The third kappa shape index (κ3) is 3.62. The highest BCUT2D eigenvalue weighted by atomic mass is 32.1. The minimum Gasteiger partial charge on any atom is -0.382 e. The molecule has 0 bridgehead atoms. The molecule has 0 saturated carbocycles. The summed E-state index contributed by atoms with van der Waals surface area (Å²) in [6.07, 6.45) is 6.18. The smallest absolute Gasteiger partial charge is 0.258 e. The van der Waals surface area contributed by atoms with Crippen molar-refractivity contribution in [1.82, 2.24) is 9.69 Å². The number of carbonyl (C=O) groups is 1. The van der Waals surface area contributed by atoms with Crippen molar-refractivity contribution in [2.45, 2.75) is 52.0 Å². The first-order valence-corrected chi connectivity index (χ1v) is 8.18. The SMILES string of the molecule is CC(C)NC(=O)c1c(N)nsc1N1CCCCCCC1. The van der Waals surface area contributed by atoms with Crippen LogP contribution in [0.3, 0.4) is 0 Å². The Morgan fingerprint density at radius 2 is 1.85 bits per heavy atom. The van der Waals surface area contributed by atoms with Gasteiger partial charge in [-0.2, -0.15) is 4.37 Å². The van der Waals surface area contributed by atoms with Gasteiger partial charge in [-0.05, 0) is 38.2 Å². The molecule has 3 N–H and O–H groups in total. The molecule has 2 rings (SSSR count). The summed E-state index contributed by atoms with van der Waals surface area (Å²) in [6, 6.07) is 0.0991. The van der Waals surface area contributed by atoms with Crippen LogP contribution < -0.4 is 16.0 Å². The topological polar surface area (TPSA) is 71.2 Å². The van der Waals surface area contributed by atoms with Crippen LogP contribution in [0.4, 0.5) is 10.8 Å². The molecular formula is C14H24N4OS. The lowest BCUT2D eigenvalue weighted by atomic mass is 10.1. The molecule has 20 heavy (non-hydrogen) atoms. The van der Waals surface area contributed by atoms with E-state index >= 15 is 0 Å². The number of carbonyl (C=O) groups excluding carboxylic acids is 1. The van der Waals surface area contributed by atoms with Crippen LogP contribution in [-0.2, 0) is 0 Å². The van der Waals surface area contributed by atoms with Gasteiger partial charge in [-0.1, -0.05) is 19.3 Å². The molecule has 5 nitrogen and oxygen atoms in total. The number of aromatic nitrogens is 1. The van der Waals surface area contributed by atoms with E-state index in [1.165, 1.54) is 43.6 Å². The fourth-order valence-electron chi connectivity index (χ4n) is 2.51. The molecule has 1 aromatic heterocycles. The van der Waals surface area contributed by atoms with Gasteiger partial charge in [-0.25, -0.2) is 0 Å². The zero-order valence-electron chi connectivity index (χ0n) is 12.3. The Morgan fingerprint density at radius 3 is 2.45 bits per heavy atom. The van der Waals surface area contributed by atoms with E-state index in [4.69, 9.17) is 5.73 Å². The molecular weight excluding hydrogens is 272 g/mol. The number of hydrogen-bond acceptors (Lipinski definition) is 5. The maximum Gasteiger partial charge on any atom is 0.258 e. The van der Waals surface area contributed by atoms with Crippen LogP contribution in [0.2, 0.25) is 0 Å². The predicted octanol–water partition coefficient (Wildman–Crippen LogP) is 2.63. The van der Waals surface area contributed by atoms with Crippen molar-refractivity contribution in [3.63, 3.8) is 0 Å². The van der Waals surface area contributed by atoms with Crippen molar-refractivity contribution >= 4 is 28.3 Å². The van der Waals surface area contributed by atoms with E-state index in [0.717, 1.165) is 18.1 Å². The van der Waals surface area contributed by atoms with Crippen molar-refractivity contribution in [2.24, 2.45) is 0 Å². The molecule has 0 spiro atoms. The first-order valence-electron chi connectivity index (χ1n) is 7.40. The normalized spacial score (nSPS) is 16.9. The molecule has 1 aliphatic rings. The van der Waals surface area contributed by atoms with Crippen LogP contribution in [-0.4, -0.2) is 29.4 Å². The van der Waals surface area contributed by atoms with E-state index in [2.05, 4.69) is 14.6 Å². The first-order chi connectivity index (χ1) is 9.59. The van der Waals surface area contributed by atoms with E-state index < -0.39 is 0 Å². The molecule has 112 valence electrons. The Kier molecular flexibility index (Phi) is 5.23. The van der Waals surface area contributed by atoms with Crippen LogP contribution in [0.25, 0.3) is 0 Å². The molecule has 0 unspecified atom stereocenters. The molecule has 1 aromatic rings. The van der Waals surface area contributed by atoms with Gasteiger partial charge >= 0.3 is 0 Å². The van der Waals surface area contributed by atoms with E-state index in [1.807, 2.05) is 13.8 Å². The third-order valence-corrected chi connectivity index (χ3v) is 4.41. The van der Waals surface area contributed by atoms with Crippen molar-refractivity contribution < 1.29 is 4.79 Å². The van der Waals surface area contributed by atoms with Gasteiger partial charge in [0.25, 0.3) is 5.91 Å². The van der Waals surface area contributed by atoms with Crippen LogP contribution >= 0.6 is 11.5 Å². The number of anilines is 2. The lowest BCUT2D eigenvalue weighted by molar-refractivity contribution is 0.0944. The number of amides is 1. The predicted molar refractivity (Wildman–Crippen MR) is 84.4 cm³/mol. The highest BCUT2D eigenvalue weighted by molar-refractivity contribution is 7.11. The summed E-state index contributed by atoms with van der Waals surface area (Å²) >= 11 is 1.34. The second-order valence-corrected chi connectivity index (χ2v) is 6.38. The van der Waals surface area contributed by atoms with E-state index in [-0.39, 0.29) is 11.9 Å². The number of nitrogens with two attached hydrogens (primary N) is 1. The highest BCUT2D eigenvalue weighted by Crippen LogP contribution is 2.32. The van der Waals surface area contributed by atoms with Gasteiger partial charge < -0.3 is 16.0 Å². The number of nitrogens with zero attached hydrogens (tertiary/aromatic N) is 2. The second-order valence-electron chi connectivity index (χ2n) is 5.63. The van der Waals surface area contributed by atoms with E-state index in [1.54, 1.807) is 0 Å². The summed E-state index contributed by atoms with van der Waals surface area (Å²) in [4.78, 5) is 14.6. The Morgan fingerprint density at radius 1 is 1.25 bits per heavy atom. The quantitative estimate of drug-likeness (QED) is 0.899. The summed E-state index contributed by atoms with van der Waals surface area (Å²) in [5, 5.41) is 3.85. The molecule has 0 aromatic carbocycles. The fraction of sp³-hybridized carbons (Fsp3) is 0.714. The zero-order valence-corrected chi connectivity index (χ0v) is 13.1. The lowest BCUT2D eigenvalue weighted by Gasteiger charge is -2.26. The molecule has 0 radical (unpaired) electrons. The molecule has 2 heterocycles. The Hall–Kier alpha value is -1.30. The molecule has 0 aliphatic carbocycles. The first kappa shape index (κ1) is 15.1. The molecule has 0 atom stereocenters. The lowest BCUT2D eigenvalue weighted by Crippen LogP contribution is -2.33. The van der Waals surface area contributed by atoms with Crippen molar-refractivity contribution in [3.05, 3.63) is 5.56 Å². The van der Waals surface area contributed by atoms with Gasteiger partial charge in [0.1, 0.15) is 10.6 Å². The van der Waals surface area contributed by atoms with Gasteiger partial charge in [0.05, 0.1) is 0 Å². The molecule has 1 aliphatic heterocycles. The largest absolute Gasteiger partial charge is 0.382 e. The molecule has 6 heteroatoms. The van der Waals surface area contributed by atoms with Crippen molar-refractivity contribution in [3.8, 4) is 0 Å². The third-order valence-electron chi connectivity index (χ3n) is 3.49. The average molecular weight is 296 g/mol. The molecule has 1 amide bonds. The summed E-state index contributed by atoms with van der Waals surface area (Å²) in [6.45, 7) is 5.88. The highest BCUT2D eigenvalue weighted by Gasteiger charge is 2.24. The fourth-order valence-corrected chi connectivity index (χ4v) is 3.37. The second kappa shape index (κ2) is 6.92. The summed E-state index contributed by atoms with van der Waals surface area (Å²) in [7, 11) is 0. The van der Waals surface area contributed by atoms with Crippen LogP contribution in [0.15, 0.2) is 0 Å². The monoisotopic (exact) mass is 296 g/mol. The number of nitrogen functional groups attached to an aromatic ring is 1. The maximum atomic E-state index is 12.3. The van der Waals surface area contributed by atoms with Crippen LogP contribution in [0, 0.1) is 0 Å². The summed E-state index contributed by atoms with van der Waals surface area (Å²) in [5.41, 5.74) is 6.47. The Balaban J connectivity index is 2.20. The van der Waals surface area contributed by atoms with Crippen molar-refractivity contribution in [2.75, 3.05) is 23.7 Å². The van der Waals surface area contributed by atoms with Gasteiger partial charge in [-0.3, -0.25) is 4.79 Å². The minimum absolute atomic E-state index is 0.0991. The van der Waals surface area contributed by atoms with Gasteiger partial charge in [-0.15, -0.1) is 0 Å². The Labute approximate surface area is 124 Å². The average Bonchev–Trinajstić information content (AvgIpc) is 2.69. The summed E-state index contributed by atoms with van der Waals surface area (Å²) in [5.74, 6) is 0.244. The van der Waals surface area contributed by atoms with Crippen LogP contribution in [0.1, 0.15) is 56.3 Å². The summed E-state index contributed by atoms with van der Waals surface area (Å²) < 4.78 is 4.19. The Bertz CT molecular complexity index is 450. The maximum absolute atomic E-state index is 12.3. The number of rotatable bonds is 3. The zero-order chi connectivity index (χ0) is 14.5. The number of nitrogens with one attached hydrogen (secondary N) is 1. The van der Waals surface area contributed by atoms with Gasteiger partial charge in [0.2, 0.25) is 0 Å². The molecule has 1 saturated heterocycles. The standard InChI is InChI=1S/C14H24N4OS/c1-10(2)16-13(19)11-12(15)17-20-14(11)18-8-6-4-3-5-7-9-18/h10H,3-9H2,1-2H3,(H2,15,17)(H,16,19). The van der Waals surface area contributed by atoms with E-state index in [0.29, 0.717) is 11.4 Å².